The van der Waals surface area contributed by atoms with E-state index in [1.807, 2.05) is 27.0 Å². The van der Waals surface area contributed by atoms with Crippen LogP contribution in [0.4, 0.5) is 5.82 Å². The van der Waals surface area contributed by atoms with Gasteiger partial charge < -0.3 is 20.9 Å². The number of aliphatic imine (C=N–C) groups is 1. The van der Waals surface area contributed by atoms with E-state index in [0.717, 1.165) is 37.7 Å². The summed E-state index contributed by atoms with van der Waals surface area (Å²) in [6.45, 7) is 11.0. The molecular formula is C20H35IN6O. The van der Waals surface area contributed by atoms with Crippen molar-refractivity contribution < 1.29 is 4.79 Å². The van der Waals surface area contributed by atoms with E-state index in [2.05, 4.69) is 49.9 Å². The third kappa shape index (κ3) is 7.81. The normalized spacial score (nSPS) is 15.6. The lowest BCUT2D eigenvalue weighted by Crippen LogP contribution is -2.50. The number of amides is 1. The lowest BCUT2D eigenvalue weighted by Gasteiger charge is -2.33. The molecule has 2 rings (SSSR count). The molecule has 0 saturated carbocycles. The number of anilines is 1. The van der Waals surface area contributed by atoms with E-state index in [0.29, 0.717) is 19.1 Å². The largest absolute Gasteiger partial charge is 0.356 e. The van der Waals surface area contributed by atoms with Crippen LogP contribution in [0.5, 0.6) is 0 Å². The molecule has 1 aliphatic rings. The van der Waals surface area contributed by atoms with Crippen LogP contribution in [0.25, 0.3) is 0 Å². The van der Waals surface area contributed by atoms with Crippen molar-refractivity contribution in [3.8, 4) is 0 Å². The Bertz CT molecular complexity index is 633. The van der Waals surface area contributed by atoms with E-state index in [4.69, 9.17) is 0 Å². The number of guanidine groups is 1. The molecule has 1 saturated heterocycles. The van der Waals surface area contributed by atoms with Gasteiger partial charge in [0.15, 0.2) is 5.96 Å². The fourth-order valence-electron chi connectivity index (χ4n) is 2.91. The van der Waals surface area contributed by atoms with Gasteiger partial charge in [-0.2, -0.15) is 0 Å². The van der Waals surface area contributed by atoms with Crippen LogP contribution in [-0.2, 0) is 4.79 Å². The molecule has 2 heterocycles. The van der Waals surface area contributed by atoms with Crippen molar-refractivity contribution in [2.75, 3.05) is 38.1 Å². The Morgan fingerprint density at radius 1 is 1.21 bits per heavy atom. The number of hydrogen-bond donors (Lipinski definition) is 3. The second kappa shape index (κ2) is 11.4. The Morgan fingerprint density at radius 2 is 1.86 bits per heavy atom. The Labute approximate surface area is 186 Å². The Balaban J connectivity index is 0.00000392. The topological polar surface area (TPSA) is 81.6 Å². The van der Waals surface area contributed by atoms with E-state index < -0.39 is 0 Å². The van der Waals surface area contributed by atoms with Crippen LogP contribution in [0.3, 0.4) is 0 Å². The summed E-state index contributed by atoms with van der Waals surface area (Å²) in [5, 5.41) is 9.69. The molecule has 158 valence electrons. The lowest BCUT2D eigenvalue weighted by atomic mass is 9.96. The molecule has 1 amide bonds. The van der Waals surface area contributed by atoms with Crippen LogP contribution in [0.2, 0.25) is 0 Å². The zero-order valence-corrected chi connectivity index (χ0v) is 20.0. The predicted molar refractivity (Wildman–Crippen MR) is 127 cm³/mol. The molecule has 28 heavy (non-hydrogen) atoms. The van der Waals surface area contributed by atoms with Gasteiger partial charge in [0.25, 0.3) is 0 Å². The Morgan fingerprint density at radius 3 is 2.39 bits per heavy atom. The Hall–Kier alpha value is -1.58. The van der Waals surface area contributed by atoms with Crippen LogP contribution in [0.1, 0.15) is 39.2 Å². The number of hydrogen-bond acceptors (Lipinski definition) is 4. The molecule has 8 heteroatoms. The molecule has 3 N–H and O–H groups in total. The number of aryl methyl sites for hydroxylation is 1. The van der Waals surface area contributed by atoms with E-state index >= 15 is 0 Å². The maximum absolute atomic E-state index is 11.9. The first kappa shape index (κ1) is 24.5. The maximum Gasteiger partial charge on any atom is 0.225 e. The van der Waals surface area contributed by atoms with Crippen LogP contribution in [0.15, 0.2) is 23.3 Å². The standard InChI is InChI=1S/C20H34N6O.HI/c1-15-6-7-17(24-14-15)26-12-8-16(9-13-26)25-19(21-5)23-11-10-22-18(27)20(2,3)4;/h6-7,14,16H,8-13H2,1-5H3,(H,22,27)(H2,21,23,25);1H. The van der Waals surface area contributed by atoms with E-state index in [9.17, 15) is 4.79 Å². The summed E-state index contributed by atoms with van der Waals surface area (Å²) in [6, 6.07) is 4.59. The van der Waals surface area contributed by atoms with Gasteiger partial charge in [-0.1, -0.05) is 26.8 Å². The highest BCUT2D eigenvalue weighted by Crippen LogP contribution is 2.18. The van der Waals surface area contributed by atoms with Crippen LogP contribution >= 0.6 is 24.0 Å². The van der Waals surface area contributed by atoms with Gasteiger partial charge in [-0.3, -0.25) is 9.79 Å². The van der Waals surface area contributed by atoms with Gasteiger partial charge in [-0.15, -0.1) is 24.0 Å². The number of pyridine rings is 1. The van der Waals surface area contributed by atoms with Crippen molar-refractivity contribution in [3.05, 3.63) is 23.9 Å². The fraction of sp³-hybridized carbons (Fsp3) is 0.650. The first-order chi connectivity index (χ1) is 12.8. The average Bonchev–Trinajstić information content (AvgIpc) is 2.64. The number of nitrogens with zero attached hydrogens (tertiary/aromatic N) is 3. The van der Waals surface area contributed by atoms with E-state index in [1.165, 1.54) is 5.56 Å². The van der Waals surface area contributed by atoms with Crippen molar-refractivity contribution in [2.24, 2.45) is 10.4 Å². The van der Waals surface area contributed by atoms with Crippen molar-refractivity contribution in [1.29, 1.82) is 0 Å². The highest BCUT2D eigenvalue weighted by Gasteiger charge is 2.22. The van der Waals surface area contributed by atoms with Gasteiger partial charge in [0.2, 0.25) is 5.91 Å². The first-order valence-corrected chi connectivity index (χ1v) is 9.72. The monoisotopic (exact) mass is 502 g/mol. The first-order valence-electron chi connectivity index (χ1n) is 9.72. The van der Waals surface area contributed by atoms with Crippen molar-refractivity contribution in [2.45, 2.75) is 46.6 Å². The molecule has 7 nitrogen and oxygen atoms in total. The molecule has 0 aliphatic carbocycles. The number of carbonyl (C=O) groups is 1. The molecule has 0 bridgehead atoms. The molecule has 0 atom stereocenters. The minimum Gasteiger partial charge on any atom is -0.356 e. The minimum atomic E-state index is -0.361. The molecule has 1 fully saturated rings. The lowest BCUT2D eigenvalue weighted by molar-refractivity contribution is -0.128. The highest BCUT2D eigenvalue weighted by atomic mass is 127. The van der Waals surface area contributed by atoms with Gasteiger partial charge in [0.05, 0.1) is 0 Å². The number of aromatic nitrogens is 1. The van der Waals surface area contributed by atoms with Crippen LogP contribution < -0.4 is 20.9 Å². The summed E-state index contributed by atoms with van der Waals surface area (Å²) in [4.78, 5) is 23.0. The quantitative estimate of drug-likeness (QED) is 0.249. The molecule has 0 unspecified atom stereocenters. The number of nitrogens with one attached hydrogen (secondary N) is 3. The Kier molecular flexibility index (Phi) is 9.98. The molecule has 1 aromatic heterocycles. The summed E-state index contributed by atoms with van der Waals surface area (Å²) in [7, 11) is 1.77. The second-order valence-corrected chi connectivity index (χ2v) is 8.10. The summed E-state index contributed by atoms with van der Waals surface area (Å²) >= 11 is 0. The molecule has 1 aliphatic heterocycles. The SMILES string of the molecule is CN=C(NCCNC(=O)C(C)(C)C)NC1CCN(c2ccc(C)cn2)CC1.I. The third-order valence-electron chi connectivity index (χ3n) is 4.66. The molecular weight excluding hydrogens is 467 g/mol. The van der Waals surface area contributed by atoms with Gasteiger partial charge in [-0.05, 0) is 31.4 Å². The smallest absolute Gasteiger partial charge is 0.225 e. The van der Waals surface area contributed by atoms with Crippen LogP contribution in [-0.4, -0.2) is 56.1 Å². The van der Waals surface area contributed by atoms with E-state index in [1.54, 1.807) is 7.05 Å². The number of rotatable bonds is 5. The maximum atomic E-state index is 11.9. The fourth-order valence-corrected chi connectivity index (χ4v) is 2.91. The molecule has 0 spiro atoms. The molecule has 0 aromatic carbocycles. The van der Waals surface area contributed by atoms with Crippen LogP contribution in [0, 0.1) is 12.3 Å². The zero-order chi connectivity index (χ0) is 19.9. The number of piperidine rings is 1. The summed E-state index contributed by atoms with van der Waals surface area (Å²) in [6.07, 6.45) is 4.00. The molecule has 1 aromatic rings. The highest BCUT2D eigenvalue weighted by molar-refractivity contribution is 14.0. The predicted octanol–water partition coefficient (Wildman–Crippen LogP) is 2.30. The van der Waals surface area contributed by atoms with Crippen molar-refractivity contribution in [1.82, 2.24) is 20.9 Å². The van der Waals surface area contributed by atoms with Gasteiger partial charge >= 0.3 is 0 Å². The summed E-state index contributed by atoms with van der Waals surface area (Å²) in [5.41, 5.74) is 0.823. The minimum absolute atomic E-state index is 0. The zero-order valence-electron chi connectivity index (χ0n) is 17.7. The third-order valence-corrected chi connectivity index (χ3v) is 4.66. The number of carbonyl (C=O) groups excluding carboxylic acids is 1. The van der Waals surface area contributed by atoms with Gasteiger partial charge in [-0.25, -0.2) is 4.98 Å². The molecule has 0 radical (unpaired) electrons. The van der Waals surface area contributed by atoms with E-state index in [-0.39, 0.29) is 35.3 Å². The summed E-state index contributed by atoms with van der Waals surface area (Å²) in [5.74, 6) is 1.90. The van der Waals surface area contributed by atoms with Gasteiger partial charge in [0.1, 0.15) is 5.82 Å². The summed E-state index contributed by atoms with van der Waals surface area (Å²) < 4.78 is 0. The second-order valence-electron chi connectivity index (χ2n) is 8.10. The average molecular weight is 502 g/mol. The number of halogens is 1. The van der Waals surface area contributed by atoms with Gasteiger partial charge in [0, 0.05) is 50.9 Å². The van der Waals surface area contributed by atoms with Crippen molar-refractivity contribution in [3.63, 3.8) is 0 Å². The van der Waals surface area contributed by atoms with Crippen molar-refractivity contribution >= 4 is 41.7 Å².